The average molecular weight is 273 g/mol. The van der Waals surface area contributed by atoms with Crippen molar-refractivity contribution in [2.45, 2.75) is 13.3 Å². The predicted molar refractivity (Wildman–Crippen MR) is 79.4 cm³/mol. The minimum atomic E-state index is -0.0484. The number of hydrogen-bond donors (Lipinski definition) is 2. The summed E-state index contributed by atoms with van der Waals surface area (Å²) in [7, 11) is 0. The van der Waals surface area contributed by atoms with E-state index in [-0.39, 0.29) is 5.84 Å². The zero-order valence-electron chi connectivity index (χ0n) is 11.6. The molecule has 5 heteroatoms. The molecule has 0 aliphatic carbocycles. The van der Waals surface area contributed by atoms with Gasteiger partial charge >= 0.3 is 0 Å². The molecule has 0 saturated heterocycles. The minimum Gasteiger partial charge on any atom is -0.475 e. The Bertz CT molecular complexity index is 599. The summed E-state index contributed by atoms with van der Waals surface area (Å²) in [5, 5.41) is 8.56. The number of amidine groups is 1. The number of aromatic nitrogens is 1. The van der Waals surface area contributed by atoms with E-state index in [2.05, 4.69) is 11.9 Å². The number of ether oxygens (including phenoxy) is 2. The Balaban J connectivity index is 2.17. The van der Waals surface area contributed by atoms with Crippen molar-refractivity contribution in [1.29, 1.82) is 5.41 Å². The second-order valence-electron chi connectivity index (χ2n) is 4.41. The molecule has 0 atom stereocenters. The fourth-order valence-corrected chi connectivity index (χ4v) is 1.84. The van der Waals surface area contributed by atoms with E-state index in [1.165, 1.54) is 0 Å². The van der Waals surface area contributed by atoms with Crippen molar-refractivity contribution in [2.24, 2.45) is 5.73 Å². The van der Waals surface area contributed by atoms with Gasteiger partial charge in [0.1, 0.15) is 12.4 Å². The van der Waals surface area contributed by atoms with E-state index in [9.17, 15) is 0 Å². The summed E-state index contributed by atoms with van der Waals surface area (Å²) >= 11 is 0. The fourth-order valence-electron chi connectivity index (χ4n) is 1.84. The van der Waals surface area contributed by atoms with Crippen molar-refractivity contribution in [1.82, 2.24) is 4.98 Å². The molecule has 1 heterocycles. The molecule has 0 aliphatic heterocycles. The van der Waals surface area contributed by atoms with Crippen LogP contribution in [0, 0.1) is 5.41 Å². The highest BCUT2D eigenvalue weighted by Gasteiger charge is 2.10. The van der Waals surface area contributed by atoms with Crippen molar-refractivity contribution >= 4 is 16.7 Å². The quantitative estimate of drug-likeness (QED) is 0.461. The van der Waals surface area contributed by atoms with Crippen LogP contribution in [0.1, 0.15) is 18.9 Å². The topological polar surface area (TPSA) is 81.2 Å². The van der Waals surface area contributed by atoms with E-state index in [0.29, 0.717) is 31.3 Å². The van der Waals surface area contributed by atoms with Crippen LogP contribution >= 0.6 is 0 Å². The lowest BCUT2D eigenvalue weighted by Gasteiger charge is -2.11. The second kappa shape index (κ2) is 6.86. The first-order chi connectivity index (χ1) is 9.72. The van der Waals surface area contributed by atoms with Crippen LogP contribution in [0.3, 0.4) is 0 Å². The maximum atomic E-state index is 7.62. The Morgan fingerprint density at radius 2 is 2.05 bits per heavy atom. The molecule has 2 rings (SSSR count). The SMILES string of the molecule is CCCOCCOc1nc2ccccc2cc1C(=N)N. The molecule has 0 radical (unpaired) electrons. The van der Waals surface area contributed by atoms with E-state index >= 15 is 0 Å². The molecule has 1 aromatic carbocycles. The van der Waals surface area contributed by atoms with Gasteiger partial charge in [0.2, 0.25) is 5.88 Å². The summed E-state index contributed by atoms with van der Waals surface area (Å²) in [6, 6.07) is 9.50. The van der Waals surface area contributed by atoms with Crippen LogP contribution in [0.25, 0.3) is 10.9 Å². The van der Waals surface area contributed by atoms with Crippen LogP contribution in [-0.4, -0.2) is 30.6 Å². The van der Waals surface area contributed by atoms with Gasteiger partial charge < -0.3 is 15.2 Å². The first-order valence-electron chi connectivity index (χ1n) is 6.67. The highest BCUT2D eigenvalue weighted by atomic mass is 16.5. The van der Waals surface area contributed by atoms with Gasteiger partial charge in [0.25, 0.3) is 0 Å². The predicted octanol–water partition coefficient (Wildman–Crippen LogP) is 2.32. The number of nitrogen functional groups attached to an aromatic ring is 1. The second-order valence-corrected chi connectivity index (χ2v) is 4.41. The summed E-state index contributed by atoms with van der Waals surface area (Å²) in [6.07, 6.45) is 0.979. The van der Waals surface area contributed by atoms with E-state index in [1.807, 2.05) is 30.3 Å². The van der Waals surface area contributed by atoms with Crippen LogP contribution in [-0.2, 0) is 4.74 Å². The number of nitrogens with one attached hydrogen (secondary N) is 1. The maximum absolute atomic E-state index is 7.62. The molecule has 106 valence electrons. The van der Waals surface area contributed by atoms with Gasteiger partial charge in [0, 0.05) is 12.0 Å². The Hall–Kier alpha value is -2.14. The zero-order chi connectivity index (χ0) is 14.4. The normalized spacial score (nSPS) is 10.7. The van der Waals surface area contributed by atoms with Gasteiger partial charge in [0.15, 0.2) is 0 Å². The first-order valence-corrected chi connectivity index (χ1v) is 6.67. The number of fused-ring (bicyclic) bond motifs is 1. The number of hydrogen-bond acceptors (Lipinski definition) is 4. The maximum Gasteiger partial charge on any atom is 0.225 e. The van der Waals surface area contributed by atoms with Crippen molar-refractivity contribution in [3.63, 3.8) is 0 Å². The van der Waals surface area contributed by atoms with Gasteiger partial charge in [-0.25, -0.2) is 4.98 Å². The molecule has 0 aliphatic rings. The third-order valence-electron chi connectivity index (χ3n) is 2.79. The van der Waals surface area contributed by atoms with Gasteiger partial charge in [0.05, 0.1) is 17.7 Å². The lowest BCUT2D eigenvalue weighted by atomic mass is 10.1. The molecule has 0 unspecified atom stereocenters. The third kappa shape index (κ3) is 3.45. The minimum absolute atomic E-state index is 0.0484. The molecular weight excluding hydrogens is 254 g/mol. The lowest BCUT2D eigenvalue weighted by molar-refractivity contribution is 0.0991. The van der Waals surface area contributed by atoms with Gasteiger partial charge in [-0.1, -0.05) is 25.1 Å². The van der Waals surface area contributed by atoms with E-state index < -0.39 is 0 Å². The molecule has 2 aromatic rings. The fraction of sp³-hybridized carbons (Fsp3) is 0.333. The molecule has 0 saturated carbocycles. The van der Waals surface area contributed by atoms with Crippen LogP contribution in [0.15, 0.2) is 30.3 Å². The van der Waals surface area contributed by atoms with Crippen molar-refractivity contribution in [3.8, 4) is 5.88 Å². The standard InChI is InChI=1S/C15H19N3O2/c1-2-7-19-8-9-20-15-12(14(16)17)10-11-5-3-4-6-13(11)18-15/h3-6,10H,2,7-9H2,1H3,(H3,16,17). The Labute approximate surface area is 118 Å². The largest absolute Gasteiger partial charge is 0.475 e. The van der Waals surface area contributed by atoms with Crippen LogP contribution in [0.2, 0.25) is 0 Å². The summed E-state index contributed by atoms with van der Waals surface area (Å²) in [6.45, 7) is 3.67. The molecule has 3 N–H and O–H groups in total. The highest BCUT2D eigenvalue weighted by molar-refractivity contribution is 6.00. The molecular formula is C15H19N3O2. The van der Waals surface area contributed by atoms with Gasteiger partial charge in [-0.15, -0.1) is 0 Å². The summed E-state index contributed by atoms with van der Waals surface area (Å²) < 4.78 is 11.0. The summed E-state index contributed by atoms with van der Waals surface area (Å²) in [5.74, 6) is 0.337. The Morgan fingerprint density at radius 1 is 1.25 bits per heavy atom. The molecule has 5 nitrogen and oxygen atoms in total. The van der Waals surface area contributed by atoms with E-state index in [4.69, 9.17) is 20.6 Å². The van der Waals surface area contributed by atoms with Crippen LogP contribution in [0.4, 0.5) is 0 Å². The number of rotatable bonds is 7. The molecule has 0 spiro atoms. The van der Waals surface area contributed by atoms with Gasteiger partial charge in [-0.2, -0.15) is 0 Å². The lowest BCUT2D eigenvalue weighted by Crippen LogP contribution is -2.16. The Kier molecular flexibility index (Phi) is 4.90. The summed E-state index contributed by atoms with van der Waals surface area (Å²) in [5.41, 5.74) is 6.92. The number of para-hydroxylation sites is 1. The van der Waals surface area contributed by atoms with Crippen molar-refractivity contribution in [3.05, 3.63) is 35.9 Å². The molecule has 0 amide bonds. The molecule has 1 aromatic heterocycles. The Morgan fingerprint density at radius 3 is 2.80 bits per heavy atom. The number of pyridine rings is 1. The molecule has 0 fully saturated rings. The monoisotopic (exact) mass is 273 g/mol. The number of benzene rings is 1. The van der Waals surface area contributed by atoms with Gasteiger partial charge in [-0.05, 0) is 18.6 Å². The smallest absolute Gasteiger partial charge is 0.225 e. The van der Waals surface area contributed by atoms with E-state index in [0.717, 1.165) is 17.3 Å². The number of nitrogens with zero attached hydrogens (tertiary/aromatic N) is 1. The molecule has 0 bridgehead atoms. The van der Waals surface area contributed by atoms with E-state index in [1.54, 1.807) is 0 Å². The van der Waals surface area contributed by atoms with Crippen LogP contribution < -0.4 is 10.5 Å². The first kappa shape index (κ1) is 14.3. The molecule has 20 heavy (non-hydrogen) atoms. The van der Waals surface area contributed by atoms with Crippen molar-refractivity contribution in [2.75, 3.05) is 19.8 Å². The van der Waals surface area contributed by atoms with Crippen molar-refractivity contribution < 1.29 is 9.47 Å². The zero-order valence-corrected chi connectivity index (χ0v) is 11.6. The third-order valence-corrected chi connectivity index (χ3v) is 2.79. The summed E-state index contributed by atoms with van der Waals surface area (Å²) in [4.78, 5) is 4.42. The van der Waals surface area contributed by atoms with Crippen LogP contribution in [0.5, 0.6) is 5.88 Å². The highest BCUT2D eigenvalue weighted by Crippen LogP contribution is 2.21. The number of nitrogens with two attached hydrogens (primary N) is 1. The average Bonchev–Trinajstić information content (AvgIpc) is 2.46. The van der Waals surface area contributed by atoms with Gasteiger partial charge in [-0.3, -0.25) is 5.41 Å².